The molecule has 0 aliphatic rings. The molecule has 8 heteroatoms. The molecule has 0 bridgehead atoms. The molecule has 0 saturated heterocycles. The second-order valence-corrected chi connectivity index (χ2v) is 5.87. The monoisotopic (exact) mass is 385 g/mol. The van der Waals surface area contributed by atoms with Crippen molar-refractivity contribution in [2.24, 2.45) is 0 Å². The first kappa shape index (κ1) is 19.1. The number of hydrogen-bond donors (Lipinski definition) is 2. The van der Waals surface area contributed by atoms with Gasteiger partial charge in [-0.05, 0) is 55.5 Å². The number of benzene rings is 2. The molecule has 0 unspecified atom stereocenters. The maximum absolute atomic E-state index is 13.8. The van der Waals surface area contributed by atoms with Gasteiger partial charge in [0.05, 0.1) is 5.69 Å². The predicted octanol–water partition coefficient (Wildman–Crippen LogP) is 4.70. The van der Waals surface area contributed by atoms with Gasteiger partial charge in [-0.25, -0.2) is 18.2 Å². The van der Waals surface area contributed by atoms with E-state index in [1.807, 2.05) is 0 Å². The second-order valence-electron chi connectivity index (χ2n) is 5.87. The Bertz CT molecular complexity index is 1050. The van der Waals surface area contributed by atoms with Crippen LogP contribution in [-0.4, -0.2) is 16.7 Å². The van der Waals surface area contributed by atoms with Crippen molar-refractivity contribution in [2.75, 3.05) is 10.6 Å². The number of halogens is 3. The molecule has 0 saturated carbocycles. The smallest absolute Gasteiger partial charge is 0.255 e. The molecule has 0 spiro atoms. The summed E-state index contributed by atoms with van der Waals surface area (Å²) in [7, 11) is 0. The number of pyridine rings is 1. The lowest BCUT2D eigenvalue weighted by Crippen LogP contribution is -2.12. The highest BCUT2D eigenvalue weighted by atomic mass is 19.2. The maximum Gasteiger partial charge on any atom is 0.255 e. The van der Waals surface area contributed by atoms with Crippen molar-refractivity contribution < 1.29 is 22.8 Å². The number of nitrogens with one attached hydrogen (secondary N) is 2. The standard InChI is InChI=1S/C20H14F3N3O2/c1-11(27)12-2-4-14(5-3-12)25-20(28)13-8-9-24-17(10-13)26-16-7-6-15(21)18(22)19(16)23/h2-10H,1H3,(H,24,26)(H,25,28). The summed E-state index contributed by atoms with van der Waals surface area (Å²) in [5.41, 5.74) is 0.884. The van der Waals surface area contributed by atoms with Gasteiger partial charge < -0.3 is 10.6 Å². The fourth-order valence-corrected chi connectivity index (χ4v) is 2.39. The van der Waals surface area contributed by atoms with Gasteiger partial charge in [0.2, 0.25) is 0 Å². The summed E-state index contributed by atoms with van der Waals surface area (Å²) in [5.74, 6) is -4.78. The van der Waals surface area contributed by atoms with Crippen LogP contribution in [0.5, 0.6) is 0 Å². The second kappa shape index (κ2) is 7.91. The van der Waals surface area contributed by atoms with Crippen LogP contribution in [0.25, 0.3) is 0 Å². The number of Topliss-reactive ketones (excluding diaryl/α,β-unsaturated/α-hetero) is 1. The van der Waals surface area contributed by atoms with Crippen molar-refractivity contribution in [1.29, 1.82) is 0 Å². The van der Waals surface area contributed by atoms with E-state index in [1.54, 1.807) is 24.3 Å². The van der Waals surface area contributed by atoms with Gasteiger partial charge >= 0.3 is 0 Å². The quantitative estimate of drug-likeness (QED) is 0.493. The van der Waals surface area contributed by atoms with Crippen LogP contribution in [0.1, 0.15) is 27.6 Å². The molecule has 142 valence electrons. The lowest BCUT2D eigenvalue weighted by molar-refractivity contribution is 0.101. The summed E-state index contributed by atoms with van der Waals surface area (Å²) < 4.78 is 40.1. The summed E-state index contributed by atoms with van der Waals surface area (Å²) >= 11 is 0. The number of anilines is 3. The van der Waals surface area contributed by atoms with E-state index in [-0.39, 0.29) is 22.9 Å². The SMILES string of the molecule is CC(=O)c1ccc(NC(=O)c2ccnc(Nc3ccc(F)c(F)c3F)c2)cc1. The van der Waals surface area contributed by atoms with Crippen molar-refractivity contribution in [2.45, 2.75) is 6.92 Å². The van der Waals surface area contributed by atoms with E-state index in [2.05, 4.69) is 15.6 Å². The minimum Gasteiger partial charge on any atom is -0.338 e. The van der Waals surface area contributed by atoms with Gasteiger partial charge in [-0.2, -0.15) is 0 Å². The van der Waals surface area contributed by atoms with Crippen LogP contribution in [0.15, 0.2) is 54.7 Å². The molecule has 3 rings (SSSR count). The average Bonchev–Trinajstić information content (AvgIpc) is 2.69. The van der Waals surface area contributed by atoms with Gasteiger partial charge in [0.1, 0.15) is 5.82 Å². The van der Waals surface area contributed by atoms with Gasteiger partial charge in [-0.3, -0.25) is 9.59 Å². The molecule has 5 nitrogen and oxygen atoms in total. The Kier molecular flexibility index (Phi) is 5.39. The molecule has 0 aliphatic carbocycles. The van der Waals surface area contributed by atoms with Crippen molar-refractivity contribution in [1.82, 2.24) is 4.98 Å². The molecule has 28 heavy (non-hydrogen) atoms. The van der Waals surface area contributed by atoms with Gasteiger partial charge in [0.25, 0.3) is 5.91 Å². The summed E-state index contributed by atoms with van der Waals surface area (Å²) in [5, 5.41) is 5.16. The molecule has 1 aromatic heterocycles. The largest absolute Gasteiger partial charge is 0.338 e. The number of nitrogens with zero attached hydrogens (tertiary/aromatic N) is 1. The lowest BCUT2D eigenvalue weighted by Gasteiger charge is -2.10. The molecular weight excluding hydrogens is 371 g/mol. The Morgan fingerprint density at radius 2 is 1.61 bits per heavy atom. The normalized spacial score (nSPS) is 10.4. The van der Waals surface area contributed by atoms with Gasteiger partial charge in [-0.15, -0.1) is 0 Å². The number of carbonyl (C=O) groups is 2. The minimum atomic E-state index is -1.60. The van der Waals surface area contributed by atoms with E-state index in [1.165, 1.54) is 25.3 Å². The van der Waals surface area contributed by atoms with Gasteiger partial charge in [0.15, 0.2) is 23.2 Å². The molecule has 2 N–H and O–H groups in total. The van der Waals surface area contributed by atoms with Crippen LogP contribution in [0.3, 0.4) is 0 Å². The fraction of sp³-hybridized carbons (Fsp3) is 0.0500. The fourth-order valence-electron chi connectivity index (χ4n) is 2.39. The summed E-state index contributed by atoms with van der Waals surface area (Å²) in [6.45, 7) is 1.44. The predicted molar refractivity (Wildman–Crippen MR) is 98.2 cm³/mol. The van der Waals surface area contributed by atoms with Crippen molar-refractivity contribution in [3.05, 3.63) is 83.3 Å². The summed E-state index contributed by atoms with van der Waals surface area (Å²) in [6, 6.07) is 10.9. The molecule has 0 radical (unpaired) electrons. The van der Waals surface area contributed by atoms with Crippen molar-refractivity contribution in [3.63, 3.8) is 0 Å². The number of carbonyl (C=O) groups excluding carboxylic acids is 2. The molecule has 1 amide bonds. The zero-order valence-electron chi connectivity index (χ0n) is 14.6. The molecular formula is C20H14F3N3O2. The molecule has 1 heterocycles. The van der Waals surface area contributed by atoms with Crippen LogP contribution >= 0.6 is 0 Å². The van der Waals surface area contributed by atoms with Crippen LogP contribution in [0.2, 0.25) is 0 Å². The Morgan fingerprint density at radius 3 is 2.29 bits per heavy atom. The topological polar surface area (TPSA) is 71.1 Å². The zero-order chi connectivity index (χ0) is 20.3. The molecule has 2 aromatic carbocycles. The van der Waals surface area contributed by atoms with Crippen molar-refractivity contribution in [3.8, 4) is 0 Å². The lowest BCUT2D eigenvalue weighted by atomic mass is 10.1. The molecule has 0 fully saturated rings. The van der Waals surface area contributed by atoms with E-state index < -0.39 is 23.4 Å². The first-order chi connectivity index (χ1) is 13.3. The zero-order valence-corrected chi connectivity index (χ0v) is 14.6. The Labute approximate surface area is 158 Å². The first-order valence-corrected chi connectivity index (χ1v) is 8.14. The summed E-state index contributed by atoms with van der Waals surface area (Å²) in [4.78, 5) is 27.6. The highest BCUT2D eigenvalue weighted by molar-refractivity contribution is 6.05. The van der Waals surface area contributed by atoms with Crippen LogP contribution in [0, 0.1) is 17.5 Å². The minimum absolute atomic E-state index is 0.0736. The Morgan fingerprint density at radius 1 is 0.893 bits per heavy atom. The third-order valence-corrected chi connectivity index (χ3v) is 3.87. The number of aromatic nitrogens is 1. The third-order valence-electron chi connectivity index (χ3n) is 3.87. The number of amides is 1. The van der Waals surface area contributed by atoms with Gasteiger partial charge in [-0.1, -0.05) is 0 Å². The van der Waals surface area contributed by atoms with E-state index in [4.69, 9.17) is 0 Å². The summed E-state index contributed by atoms with van der Waals surface area (Å²) in [6.07, 6.45) is 1.31. The van der Waals surface area contributed by atoms with Gasteiger partial charge in [0, 0.05) is 23.0 Å². The van der Waals surface area contributed by atoms with Crippen LogP contribution < -0.4 is 10.6 Å². The van der Waals surface area contributed by atoms with Crippen LogP contribution in [0.4, 0.5) is 30.4 Å². The van der Waals surface area contributed by atoms with E-state index in [9.17, 15) is 22.8 Å². The highest BCUT2D eigenvalue weighted by Gasteiger charge is 2.14. The Balaban J connectivity index is 1.76. The van der Waals surface area contributed by atoms with E-state index in [0.717, 1.165) is 12.1 Å². The van der Waals surface area contributed by atoms with Crippen LogP contribution in [-0.2, 0) is 0 Å². The van der Waals surface area contributed by atoms with Crippen molar-refractivity contribution >= 4 is 28.9 Å². The van der Waals surface area contributed by atoms with E-state index >= 15 is 0 Å². The van der Waals surface area contributed by atoms with E-state index in [0.29, 0.717) is 11.3 Å². The number of rotatable bonds is 5. The average molecular weight is 385 g/mol. The maximum atomic E-state index is 13.8. The highest BCUT2D eigenvalue weighted by Crippen LogP contribution is 2.23. The third kappa shape index (κ3) is 4.17. The Hall–Kier alpha value is -3.68. The number of hydrogen-bond acceptors (Lipinski definition) is 4. The molecule has 0 atom stereocenters. The first-order valence-electron chi connectivity index (χ1n) is 8.14. The molecule has 3 aromatic rings. The number of ketones is 1. The molecule has 0 aliphatic heterocycles.